The summed E-state index contributed by atoms with van der Waals surface area (Å²) in [6, 6.07) is 10.8. The Morgan fingerprint density at radius 3 is 2.17 bits per heavy atom. The van der Waals surface area contributed by atoms with E-state index >= 15 is 0 Å². The summed E-state index contributed by atoms with van der Waals surface area (Å²) in [5.74, 6) is -0.512. The number of anilines is 2. The molecular formula is C20H25N3O5S. The minimum Gasteiger partial charge on any atom is -0.496 e. The summed E-state index contributed by atoms with van der Waals surface area (Å²) in [5, 5.41) is 5.34. The number of hydrogen-bond acceptors (Lipinski definition) is 5. The summed E-state index contributed by atoms with van der Waals surface area (Å²) < 4.78 is 32.1. The molecule has 156 valence electrons. The molecule has 2 aromatic rings. The van der Waals surface area contributed by atoms with Crippen molar-refractivity contribution in [3.8, 4) is 5.75 Å². The van der Waals surface area contributed by atoms with Gasteiger partial charge >= 0.3 is 0 Å². The van der Waals surface area contributed by atoms with Crippen molar-refractivity contribution in [3.63, 3.8) is 0 Å². The molecule has 2 amide bonds. The fraction of sp³-hybridized carbons (Fsp3) is 0.300. The second kappa shape index (κ2) is 9.53. The molecule has 8 nitrogen and oxygen atoms in total. The molecule has 2 N–H and O–H groups in total. The van der Waals surface area contributed by atoms with Crippen molar-refractivity contribution in [1.82, 2.24) is 4.31 Å². The number of carbonyl (C=O) groups excluding carboxylic acids is 2. The van der Waals surface area contributed by atoms with E-state index in [9.17, 15) is 18.0 Å². The highest BCUT2D eigenvalue weighted by molar-refractivity contribution is 7.89. The van der Waals surface area contributed by atoms with Crippen molar-refractivity contribution in [1.29, 1.82) is 0 Å². The molecule has 0 aliphatic heterocycles. The molecule has 0 fully saturated rings. The molecule has 0 saturated heterocycles. The van der Waals surface area contributed by atoms with Crippen LogP contribution in [0.4, 0.5) is 11.4 Å². The van der Waals surface area contributed by atoms with E-state index in [2.05, 4.69) is 10.6 Å². The third kappa shape index (κ3) is 5.33. The molecule has 0 radical (unpaired) electrons. The number of methoxy groups -OCH3 is 1. The van der Waals surface area contributed by atoms with Gasteiger partial charge in [-0.25, -0.2) is 8.42 Å². The lowest BCUT2D eigenvalue weighted by atomic mass is 10.1. The van der Waals surface area contributed by atoms with E-state index < -0.39 is 15.9 Å². The normalized spacial score (nSPS) is 11.2. The van der Waals surface area contributed by atoms with Crippen LogP contribution in [0.1, 0.15) is 31.1 Å². The molecule has 0 unspecified atom stereocenters. The highest BCUT2D eigenvalue weighted by Gasteiger charge is 2.24. The van der Waals surface area contributed by atoms with Crippen LogP contribution in [0.3, 0.4) is 0 Å². The van der Waals surface area contributed by atoms with Gasteiger partial charge in [0.15, 0.2) is 0 Å². The summed E-state index contributed by atoms with van der Waals surface area (Å²) >= 11 is 0. The van der Waals surface area contributed by atoms with Gasteiger partial charge in [-0.2, -0.15) is 4.31 Å². The fourth-order valence-electron chi connectivity index (χ4n) is 2.81. The van der Waals surface area contributed by atoms with E-state index in [-0.39, 0.29) is 22.1 Å². The molecule has 2 aromatic carbocycles. The lowest BCUT2D eigenvalue weighted by Gasteiger charge is -2.19. The molecule has 0 saturated carbocycles. The maximum absolute atomic E-state index is 12.8. The molecule has 2 rings (SSSR count). The Morgan fingerprint density at radius 1 is 1.00 bits per heavy atom. The van der Waals surface area contributed by atoms with Gasteiger partial charge in [-0.1, -0.05) is 19.9 Å². The van der Waals surface area contributed by atoms with Gasteiger partial charge in [-0.15, -0.1) is 0 Å². The van der Waals surface area contributed by atoms with Crippen LogP contribution in [-0.4, -0.2) is 44.7 Å². The number of sulfonamides is 1. The van der Waals surface area contributed by atoms with Gasteiger partial charge in [0, 0.05) is 31.4 Å². The molecule has 29 heavy (non-hydrogen) atoms. The Kier molecular flexibility index (Phi) is 7.35. The van der Waals surface area contributed by atoms with Crippen LogP contribution >= 0.6 is 0 Å². The van der Waals surface area contributed by atoms with E-state index in [4.69, 9.17) is 4.74 Å². The Bertz CT molecular complexity index is 1000. The highest BCUT2D eigenvalue weighted by Crippen LogP contribution is 2.26. The minimum absolute atomic E-state index is 0.0131. The van der Waals surface area contributed by atoms with Crippen LogP contribution in [0.25, 0.3) is 0 Å². The number of nitrogens with one attached hydrogen (secondary N) is 2. The average Bonchev–Trinajstić information content (AvgIpc) is 2.67. The SMILES string of the molecule is CCN(CC)S(=O)(=O)c1ccc(OC)c(C(=O)Nc2cccc(NC(C)=O)c2)c1. The fourth-order valence-corrected chi connectivity index (χ4v) is 4.30. The summed E-state index contributed by atoms with van der Waals surface area (Å²) in [7, 11) is -2.32. The number of carbonyl (C=O) groups is 2. The van der Waals surface area contributed by atoms with Crippen molar-refractivity contribution < 1.29 is 22.7 Å². The van der Waals surface area contributed by atoms with Crippen molar-refractivity contribution >= 4 is 33.2 Å². The van der Waals surface area contributed by atoms with Gasteiger partial charge in [-0.3, -0.25) is 9.59 Å². The zero-order valence-electron chi connectivity index (χ0n) is 16.9. The molecule has 0 aliphatic carbocycles. The van der Waals surface area contributed by atoms with E-state index in [1.54, 1.807) is 38.1 Å². The Morgan fingerprint density at radius 2 is 1.62 bits per heavy atom. The minimum atomic E-state index is -3.72. The zero-order chi connectivity index (χ0) is 21.6. The molecule has 0 heterocycles. The predicted octanol–water partition coefficient (Wildman–Crippen LogP) is 2.94. The second-order valence-electron chi connectivity index (χ2n) is 6.17. The maximum atomic E-state index is 12.8. The van der Waals surface area contributed by atoms with Gasteiger partial charge in [-0.05, 0) is 36.4 Å². The van der Waals surface area contributed by atoms with Crippen molar-refractivity contribution in [2.24, 2.45) is 0 Å². The maximum Gasteiger partial charge on any atom is 0.259 e. The van der Waals surface area contributed by atoms with Crippen LogP contribution in [0, 0.1) is 0 Å². The largest absolute Gasteiger partial charge is 0.496 e. The standard InChI is InChI=1S/C20H25N3O5S/c1-5-23(6-2)29(26,27)17-10-11-19(28-4)18(13-17)20(25)22-16-9-7-8-15(12-16)21-14(3)24/h7-13H,5-6H2,1-4H3,(H,21,24)(H,22,25). The summed E-state index contributed by atoms with van der Waals surface area (Å²) in [4.78, 5) is 24.1. The molecule has 0 aromatic heterocycles. The van der Waals surface area contributed by atoms with Crippen molar-refractivity contribution in [2.45, 2.75) is 25.7 Å². The molecule has 0 spiro atoms. The van der Waals surface area contributed by atoms with E-state index in [1.807, 2.05) is 0 Å². The number of nitrogens with zero attached hydrogens (tertiary/aromatic N) is 1. The summed E-state index contributed by atoms with van der Waals surface area (Å²) in [5.41, 5.74) is 1.06. The van der Waals surface area contributed by atoms with Gasteiger partial charge in [0.2, 0.25) is 15.9 Å². The van der Waals surface area contributed by atoms with E-state index in [1.165, 1.54) is 36.5 Å². The molecule has 0 atom stereocenters. The number of ether oxygens (including phenoxy) is 1. The summed E-state index contributed by atoms with van der Waals surface area (Å²) in [6.45, 7) is 5.53. The quantitative estimate of drug-likeness (QED) is 0.684. The third-order valence-corrected chi connectivity index (χ3v) is 6.25. The van der Waals surface area contributed by atoms with Crippen LogP contribution in [0.5, 0.6) is 5.75 Å². The average molecular weight is 420 g/mol. The van der Waals surface area contributed by atoms with Crippen LogP contribution in [0.2, 0.25) is 0 Å². The van der Waals surface area contributed by atoms with E-state index in [0.717, 1.165) is 0 Å². The summed E-state index contributed by atoms with van der Waals surface area (Å²) in [6.07, 6.45) is 0. The predicted molar refractivity (Wildman–Crippen MR) is 112 cm³/mol. The number of amides is 2. The number of benzene rings is 2. The van der Waals surface area contributed by atoms with Gasteiger partial charge < -0.3 is 15.4 Å². The first-order chi connectivity index (χ1) is 13.7. The van der Waals surface area contributed by atoms with E-state index in [0.29, 0.717) is 24.5 Å². The van der Waals surface area contributed by atoms with Crippen LogP contribution < -0.4 is 15.4 Å². The van der Waals surface area contributed by atoms with Gasteiger partial charge in [0.1, 0.15) is 5.75 Å². The Hall–Kier alpha value is -2.91. The highest BCUT2D eigenvalue weighted by atomic mass is 32.2. The third-order valence-electron chi connectivity index (χ3n) is 4.20. The molecule has 0 bridgehead atoms. The number of hydrogen-bond donors (Lipinski definition) is 2. The Balaban J connectivity index is 2.38. The Labute approximate surface area is 170 Å². The van der Waals surface area contributed by atoms with Gasteiger partial charge in [0.05, 0.1) is 17.6 Å². The smallest absolute Gasteiger partial charge is 0.259 e. The van der Waals surface area contributed by atoms with Crippen LogP contribution in [-0.2, 0) is 14.8 Å². The molecule has 0 aliphatic rings. The number of rotatable bonds is 8. The first-order valence-electron chi connectivity index (χ1n) is 9.10. The molecular weight excluding hydrogens is 394 g/mol. The van der Waals surface area contributed by atoms with Crippen molar-refractivity contribution in [3.05, 3.63) is 48.0 Å². The van der Waals surface area contributed by atoms with Crippen molar-refractivity contribution in [2.75, 3.05) is 30.8 Å². The lowest BCUT2D eigenvalue weighted by molar-refractivity contribution is -0.114. The topological polar surface area (TPSA) is 105 Å². The molecule has 9 heteroatoms. The van der Waals surface area contributed by atoms with Gasteiger partial charge in [0.25, 0.3) is 5.91 Å². The first kappa shape index (κ1) is 22.4. The second-order valence-corrected chi connectivity index (χ2v) is 8.11. The van der Waals surface area contributed by atoms with Crippen LogP contribution in [0.15, 0.2) is 47.4 Å². The monoisotopic (exact) mass is 419 g/mol. The zero-order valence-corrected chi connectivity index (χ0v) is 17.7. The first-order valence-corrected chi connectivity index (χ1v) is 10.5. The lowest BCUT2D eigenvalue weighted by Crippen LogP contribution is -2.30.